The number of allylic oxidation sites excluding steroid dienone is 1. The molecule has 1 saturated heterocycles. The van der Waals surface area contributed by atoms with Gasteiger partial charge < -0.3 is 25.6 Å². The van der Waals surface area contributed by atoms with Crippen LogP contribution in [0.5, 0.6) is 0 Å². The number of morpholine rings is 1. The van der Waals surface area contributed by atoms with E-state index in [9.17, 15) is 4.79 Å². The number of nitrogens with one attached hydrogen (secondary N) is 3. The minimum atomic E-state index is -0.219. The number of hydrogen-bond acceptors (Lipinski definition) is 6. The average Bonchev–Trinajstić information content (AvgIpc) is 2.96. The Kier molecular flexibility index (Phi) is 8.49. The van der Waals surface area contributed by atoms with Crippen LogP contribution in [0.25, 0.3) is 0 Å². The molecule has 3 N–H and O–H groups in total. The molecule has 2 aliphatic rings. The van der Waals surface area contributed by atoms with E-state index in [0.717, 1.165) is 67.5 Å². The molecule has 0 spiro atoms. The molecule has 7 nitrogen and oxygen atoms in total. The van der Waals surface area contributed by atoms with Gasteiger partial charge in [-0.2, -0.15) is 0 Å². The van der Waals surface area contributed by atoms with Crippen molar-refractivity contribution < 1.29 is 9.53 Å². The summed E-state index contributed by atoms with van der Waals surface area (Å²) in [7, 11) is 0. The summed E-state index contributed by atoms with van der Waals surface area (Å²) in [5.41, 5.74) is 6.48. The third kappa shape index (κ3) is 6.99. The predicted octanol–water partition coefficient (Wildman–Crippen LogP) is 6.29. The average molecular weight is 544 g/mol. The van der Waals surface area contributed by atoms with E-state index in [1.54, 1.807) is 6.08 Å². The number of carbonyl (C=O) groups excluding carboxylic acids is 1. The van der Waals surface area contributed by atoms with Crippen LogP contribution in [0.4, 0.5) is 22.7 Å². The minimum absolute atomic E-state index is 0.170. The van der Waals surface area contributed by atoms with Crippen molar-refractivity contribution in [2.75, 3.05) is 47.2 Å². The first-order valence-electron chi connectivity index (χ1n) is 13.4. The Hall–Kier alpha value is -3.81. The number of carbonyl (C=O) groups is 1. The minimum Gasteiger partial charge on any atom is -0.378 e. The Morgan fingerprint density at radius 3 is 2.54 bits per heavy atom. The quantitative estimate of drug-likeness (QED) is 0.361. The van der Waals surface area contributed by atoms with Gasteiger partial charge in [-0.3, -0.25) is 4.79 Å². The number of fused-ring (bicyclic) bond motifs is 4. The summed E-state index contributed by atoms with van der Waals surface area (Å²) in [6.07, 6.45) is 3.22. The Balaban J connectivity index is 1.42. The van der Waals surface area contributed by atoms with E-state index in [1.807, 2.05) is 62.4 Å². The summed E-state index contributed by atoms with van der Waals surface area (Å²) in [5, 5.41) is 10.4. The number of ether oxygens (including phenoxy) is 1. The van der Waals surface area contributed by atoms with Crippen LogP contribution >= 0.6 is 11.6 Å². The van der Waals surface area contributed by atoms with Gasteiger partial charge in [-0.05, 0) is 92.4 Å². The molecule has 1 atom stereocenters. The molecule has 2 aliphatic heterocycles. The van der Waals surface area contributed by atoms with Crippen molar-refractivity contribution in [1.82, 2.24) is 0 Å². The fourth-order valence-corrected chi connectivity index (χ4v) is 4.92. The number of aliphatic imine (C=N–C) groups is 1. The monoisotopic (exact) mass is 543 g/mol. The molecule has 1 fully saturated rings. The summed E-state index contributed by atoms with van der Waals surface area (Å²) in [5.74, 6) is 0.368. The fraction of sp³-hybridized carbons (Fsp3) is 0.290. The summed E-state index contributed by atoms with van der Waals surface area (Å²) >= 11 is 6.54. The van der Waals surface area contributed by atoms with Crippen molar-refractivity contribution in [3.63, 3.8) is 0 Å². The first-order valence-corrected chi connectivity index (χ1v) is 13.8. The van der Waals surface area contributed by atoms with E-state index in [0.29, 0.717) is 16.4 Å². The zero-order valence-corrected chi connectivity index (χ0v) is 23.1. The van der Waals surface area contributed by atoms with Gasteiger partial charge in [0, 0.05) is 41.4 Å². The highest BCUT2D eigenvalue weighted by atomic mass is 35.5. The van der Waals surface area contributed by atoms with Crippen molar-refractivity contribution in [3.8, 4) is 0 Å². The molecule has 4 bridgehead atoms. The third-order valence-electron chi connectivity index (χ3n) is 6.83. The molecule has 3 aromatic carbocycles. The highest BCUT2D eigenvalue weighted by molar-refractivity contribution is 6.45. The van der Waals surface area contributed by atoms with Gasteiger partial charge in [0.15, 0.2) is 0 Å². The van der Waals surface area contributed by atoms with Crippen LogP contribution < -0.4 is 20.9 Å². The van der Waals surface area contributed by atoms with Crippen LogP contribution in [0.1, 0.15) is 35.3 Å². The van der Waals surface area contributed by atoms with Crippen LogP contribution in [-0.4, -0.2) is 44.2 Å². The summed E-state index contributed by atoms with van der Waals surface area (Å²) in [4.78, 5) is 20.5. The van der Waals surface area contributed by atoms with Crippen molar-refractivity contribution in [2.24, 2.45) is 4.99 Å². The molecular weight excluding hydrogens is 510 g/mol. The number of aryl methyl sites for hydroxylation is 2. The number of rotatable bonds is 4. The van der Waals surface area contributed by atoms with Crippen LogP contribution in [-0.2, 0) is 17.6 Å². The molecule has 202 valence electrons. The zero-order valence-electron chi connectivity index (χ0n) is 22.3. The number of anilines is 4. The second-order valence-electron chi connectivity index (χ2n) is 9.78. The molecule has 1 unspecified atom stereocenters. The third-order valence-corrected chi connectivity index (χ3v) is 7.22. The van der Waals surface area contributed by atoms with E-state index >= 15 is 0 Å². The smallest absolute Gasteiger partial charge is 0.255 e. The normalized spacial score (nSPS) is 19.3. The Morgan fingerprint density at radius 2 is 1.77 bits per heavy atom. The van der Waals surface area contributed by atoms with E-state index in [-0.39, 0.29) is 12.1 Å². The lowest BCUT2D eigenvalue weighted by atomic mass is 10.0. The number of amidine groups is 1. The molecule has 8 heteroatoms. The summed E-state index contributed by atoms with van der Waals surface area (Å²) < 4.78 is 5.45. The Bertz CT molecular complexity index is 1380. The van der Waals surface area contributed by atoms with Gasteiger partial charge in [0.05, 0.1) is 18.2 Å². The van der Waals surface area contributed by atoms with Crippen molar-refractivity contribution in [1.29, 1.82) is 0 Å². The van der Waals surface area contributed by atoms with Gasteiger partial charge in [0.2, 0.25) is 0 Å². The number of nitrogens with zero attached hydrogens (tertiary/aromatic N) is 2. The van der Waals surface area contributed by atoms with E-state index in [1.165, 1.54) is 5.56 Å². The maximum Gasteiger partial charge on any atom is 0.255 e. The number of hydrogen-bond donors (Lipinski definition) is 3. The second kappa shape index (κ2) is 12.4. The molecule has 39 heavy (non-hydrogen) atoms. The van der Waals surface area contributed by atoms with E-state index < -0.39 is 0 Å². The van der Waals surface area contributed by atoms with Gasteiger partial charge in [0.1, 0.15) is 12.0 Å². The number of halogens is 1. The topological polar surface area (TPSA) is 78.0 Å². The molecule has 3 aromatic rings. The highest BCUT2D eigenvalue weighted by Crippen LogP contribution is 2.24. The van der Waals surface area contributed by atoms with Gasteiger partial charge in [-0.25, -0.2) is 4.99 Å². The van der Waals surface area contributed by atoms with E-state index in [4.69, 9.17) is 21.3 Å². The summed E-state index contributed by atoms with van der Waals surface area (Å²) in [6.45, 7) is 7.06. The van der Waals surface area contributed by atoms with Gasteiger partial charge in [-0.15, -0.1) is 0 Å². The van der Waals surface area contributed by atoms with Crippen molar-refractivity contribution in [2.45, 2.75) is 32.9 Å². The molecule has 0 saturated carbocycles. The molecule has 5 rings (SSSR count). The van der Waals surface area contributed by atoms with Crippen molar-refractivity contribution in [3.05, 3.63) is 94.5 Å². The lowest BCUT2D eigenvalue weighted by molar-refractivity contribution is 0.102. The van der Waals surface area contributed by atoms with Gasteiger partial charge in [-0.1, -0.05) is 29.8 Å². The largest absolute Gasteiger partial charge is 0.378 e. The predicted molar refractivity (Wildman–Crippen MR) is 161 cm³/mol. The van der Waals surface area contributed by atoms with E-state index in [2.05, 4.69) is 39.0 Å². The lowest BCUT2D eigenvalue weighted by Gasteiger charge is -2.28. The molecule has 0 aliphatic carbocycles. The standard InChI is InChI=1S/C31H34ClN5O2/c1-3-29(32)30-34-21(2)33-26-6-4-5-22(18-26)7-8-23-17-24(20-27(19-23)35-30)31(38)36-25-9-11-28(12-10-25)37-13-15-39-16-14-37/h3-6,9-12,17-21,33H,7-8,13-16H2,1-2H3,(H,34,35)(H,36,38)/b29-3+. The number of benzene rings is 3. The maximum absolute atomic E-state index is 13.4. The van der Waals surface area contributed by atoms with Gasteiger partial charge in [0.25, 0.3) is 5.91 Å². The first-order chi connectivity index (χ1) is 19.0. The van der Waals surface area contributed by atoms with Crippen LogP contribution in [0.15, 0.2) is 82.8 Å². The zero-order chi connectivity index (χ0) is 27.2. The Labute approximate surface area is 234 Å². The second-order valence-corrected chi connectivity index (χ2v) is 10.2. The van der Waals surface area contributed by atoms with Crippen LogP contribution in [0.3, 0.4) is 0 Å². The van der Waals surface area contributed by atoms with Crippen LogP contribution in [0, 0.1) is 0 Å². The SMILES string of the molecule is C/C=C(Cl)\C1=N/C(C)Nc2cccc(c2)CCc2cc(cc(C(=O)Nc3ccc(N4CCOCC4)cc3)c2)N1. The molecular formula is C31H34ClN5O2. The fourth-order valence-electron chi connectivity index (χ4n) is 4.82. The molecule has 2 heterocycles. The molecule has 0 aromatic heterocycles. The lowest BCUT2D eigenvalue weighted by Crippen LogP contribution is -2.36. The number of amides is 1. The van der Waals surface area contributed by atoms with Gasteiger partial charge >= 0.3 is 0 Å². The van der Waals surface area contributed by atoms with Crippen LogP contribution in [0.2, 0.25) is 0 Å². The maximum atomic E-state index is 13.4. The first kappa shape index (κ1) is 26.8. The van der Waals surface area contributed by atoms with Crippen molar-refractivity contribution >= 4 is 46.1 Å². The molecule has 1 amide bonds. The Morgan fingerprint density at radius 1 is 1.03 bits per heavy atom. The summed E-state index contributed by atoms with van der Waals surface area (Å²) in [6, 6.07) is 22.2. The highest BCUT2D eigenvalue weighted by Gasteiger charge is 2.15. The molecule has 0 radical (unpaired) electrons.